The van der Waals surface area contributed by atoms with Crippen molar-refractivity contribution < 1.29 is 14.2 Å². The van der Waals surface area contributed by atoms with Crippen molar-refractivity contribution in [3.8, 4) is 0 Å². The molecule has 0 fully saturated rings. The number of amides is 1. The van der Waals surface area contributed by atoms with Gasteiger partial charge in [0.1, 0.15) is 18.2 Å². The Morgan fingerprint density at radius 3 is 2.58 bits per heavy atom. The molecule has 0 spiro atoms. The topological polar surface area (TPSA) is 134 Å². The first-order valence-corrected chi connectivity index (χ1v) is 9.88. The Hall–Kier alpha value is -3.80. The molecule has 0 atom stereocenters. The van der Waals surface area contributed by atoms with Gasteiger partial charge in [-0.3, -0.25) is 24.3 Å². The maximum absolute atomic E-state index is 12.7. The maximum atomic E-state index is 12.7. The molecule has 0 aliphatic carbocycles. The lowest BCUT2D eigenvalue weighted by Gasteiger charge is -2.04. The minimum Gasteiger partial charge on any atom is -0.361 e. The monoisotopic (exact) mass is 485 g/mol. The van der Waals surface area contributed by atoms with Crippen LogP contribution in [-0.2, 0) is 13.1 Å². The predicted octanol–water partition coefficient (Wildman–Crippen LogP) is 3.40. The van der Waals surface area contributed by atoms with Gasteiger partial charge < -0.3 is 9.84 Å². The highest BCUT2D eigenvalue weighted by atomic mass is 79.9. The van der Waals surface area contributed by atoms with Crippen LogP contribution in [0.5, 0.6) is 0 Å². The van der Waals surface area contributed by atoms with Gasteiger partial charge in [0.05, 0.1) is 29.9 Å². The molecule has 31 heavy (non-hydrogen) atoms. The Morgan fingerprint density at radius 2 is 1.87 bits per heavy atom. The highest BCUT2D eigenvalue weighted by Crippen LogP contribution is 2.19. The van der Waals surface area contributed by atoms with Crippen LogP contribution in [-0.4, -0.2) is 35.5 Å². The van der Waals surface area contributed by atoms with E-state index in [0.717, 1.165) is 16.2 Å². The summed E-state index contributed by atoms with van der Waals surface area (Å²) < 4.78 is 9.21. The number of nitro groups is 1. The largest absolute Gasteiger partial charge is 0.361 e. The lowest BCUT2D eigenvalue weighted by Crippen LogP contribution is -2.15. The molecule has 4 aromatic rings. The first kappa shape index (κ1) is 20.5. The summed E-state index contributed by atoms with van der Waals surface area (Å²) in [7, 11) is 0. The maximum Gasteiger partial charge on any atom is 0.307 e. The number of aryl methyl sites for hydroxylation is 1. The SMILES string of the molecule is Cc1onc(C(=O)Nc2cnn(Cc3ccc(Br)cc3)c2)c1Cn1cc([N+](=O)[O-])cn1. The fourth-order valence-corrected chi connectivity index (χ4v) is 3.20. The van der Waals surface area contributed by atoms with Crippen molar-refractivity contribution in [3.05, 3.63) is 86.2 Å². The van der Waals surface area contributed by atoms with E-state index in [4.69, 9.17) is 4.52 Å². The molecule has 0 aliphatic rings. The van der Waals surface area contributed by atoms with Crippen molar-refractivity contribution in [2.45, 2.75) is 20.0 Å². The summed E-state index contributed by atoms with van der Waals surface area (Å²) >= 11 is 3.40. The van der Waals surface area contributed by atoms with Gasteiger partial charge in [-0.1, -0.05) is 33.2 Å². The van der Waals surface area contributed by atoms with Crippen LogP contribution in [0.3, 0.4) is 0 Å². The normalized spacial score (nSPS) is 10.9. The highest BCUT2D eigenvalue weighted by Gasteiger charge is 2.22. The lowest BCUT2D eigenvalue weighted by molar-refractivity contribution is -0.385. The zero-order valence-electron chi connectivity index (χ0n) is 16.2. The molecule has 11 nitrogen and oxygen atoms in total. The highest BCUT2D eigenvalue weighted by molar-refractivity contribution is 9.10. The van der Waals surface area contributed by atoms with Gasteiger partial charge in [-0.05, 0) is 24.6 Å². The molecule has 0 saturated carbocycles. The molecule has 0 radical (unpaired) electrons. The van der Waals surface area contributed by atoms with Crippen LogP contribution in [0.1, 0.15) is 27.4 Å². The van der Waals surface area contributed by atoms with Crippen molar-refractivity contribution in [3.63, 3.8) is 0 Å². The zero-order valence-corrected chi connectivity index (χ0v) is 17.8. The Bertz CT molecular complexity index is 1240. The molecule has 0 unspecified atom stereocenters. The fraction of sp³-hybridized carbons (Fsp3) is 0.158. The van der Waals surface area contributed by atoms with Crippen LogP contribution in [0.25, 0.3) is 0 Å². The van der Waals surface area contributed by atoms with Crippen LogP contribution < -0.4 is 5.32 Å². The van der Waals surface area contributed by atoms with Gasteiger partial charge in [-0.15, -0.1) is 0 Å². The number of carbonyl (C=O) groups is 1. The Morgan fingerprint density at radius 1 is 1.16 bits per heavy atom. The van der Waals surface area contributed by atoms with Gasteiger partial charge in [-0.2, -0.15) is 10.2 Å². The Balaban J connectivity index is 1.46. The van der Waals surface area contributed by atoms with Crippen LogP contribution >= 0.6 is 15.9 Å². The van der Waals surface area contributed by atoms with E-state index < -0.39 is 10.8 Å². The summed E-state index contributed by atoms with van der Waals surface area (Å²) in [6.45, 7) is 2.32. The number of halogens is 1. The number of anilines is 1. The Kier molecular flexibility index (Phi) is 5.62. The van der Waals surface area contributed by atoms with Crippen molar-refractivity contribution >= 4 is 33.2 Å². The van der Waals surface area contributed by atoms with E-state index >= 15 is 0 Å². The number of nitrogens with one attached hydrogen (secondary N) is 1. The van der Waals surface area contributed by atoms with Crippen LogP contribution in [0.15, 0.2) is 58.0 Å². The van der Waals surface area contributed by atoms with Crippen LogP contribution in [0.4, 0.5) is 11.4 Å². The molecule has 12 heteroatoms. The van der Waals surface area contributed by atoms with Crippen molar-refractivity contribution in [1.29, 1.82) is 0 Å². The van der Waals surface area contributed by atoms with Gasteiger partial charge >= 0.3 is 5.69 Å². The van der Waals surface area contributed by atoms with Gasteiger partial charge in [-0.25, -0.2) is 0 Å². The Labute approximate surface area is 183 Å². The van der Waals surface area contributed by atoms with Crippen molar-refractivity contribution in [1.82, 2.24) is 24.7 Å². The number of nitrogens with zero attached hydrogens (tertiary/aromatic N) is 6. The number of aromatic nitrogens is 5. The van der Waals surface area contributed by atoms with E-state index in [1.807, 2.05) is 24.3 Å². The van der Waals surface area contributed by atoms with Crippen LogP contribution in [0.2, 0.25) is 0 Å². The summed E-state index contributed by atoms with van der Waals surface area (Å²) in [4.78, 5) is 23.0. The second-order valence-corrected chi connectivity index (χ2v) is 7.64. The van der Waals surface area contributed by atoms with E-state index in [2.05, 4.69) is 36.6 Å². The summed E-state index contributed by atoms with van der Waals surface area (Å²) in [5.74, 6) is -0.0501. The minimum absolute atomic E-state index is 0.0799. The standard InChI is InChI=1S/C19H16BrN7O4/c1-12-17(11-26-10-16(7-22-26)27(29)30)18(24-31-12)19(28)23-15-6-21-25(9-15)8-13-2-4-14(20)5-3-13/h2-7,9-10H,8,11H2,1H3,(H,23,28). The number of hydrogen-bond acceptors (Lipinski definition) is 7. The average Bonchev–Trinajstić information content (AvgIpc) is 3.46. The molecule has 1 aromatic carbocycles. The van der Waals surface area contributed by atoms with E-state index in [-0.39, 0.29) is 17.9 Å². The summed E-state index contributed by atoms with van der Waals surface area (Å²) in [5.41, 5.74) is 1.99. The number of hydrogen-bond donors (Lipinski definition) is 1. The lowest BCUT2D eigenvalue weighted by atomic mass is 10.2. The summed E-state index contributed by atoms with van der Waals surface area (Å²) in [5, 5.41) is 25.6. The molecule has 1 amide bonds. The predicted molar refractivity (Wildman–Crippen MR) is 113 cm³/mol. The second kappa shape index (κ2) is 8.52. The molecule has 3 heterocycles. The third-order valence-electron chi connectivity index (χ3n) is 4.50. The molecule has 3 aromatic heterocycles. The first-order chi connectivity index (χ1) is 14.9. The molecule has 1 N–H and O–H groups in total. The van der Waals surface area contributed by atoms with Crippen molar-refractivity contribution in [2.75, 3.05) is 5.32 Å². The fourth-order valence-electron chi connectivity index (χ4n) is 2.93. The molecule has 0 aliphatic heterocycles. The van der Waals surface area contributed by atoms with E-state index in [1.165, 1.54) is 10.9 Å². The molecular formula is C19H16BrN7O4. The van der Waals surface area contributed by atoms with E-state index in [0.29, 0.717) is 23.6 Å². The molecule has 158 valence electrons. The molecule has 4 rings (SSSR count). The first-order valence-electron chi connectivity index (χ1n) is 9.09. The number of carbonyl (C=O) groups excluding carboxylic acids is 1. The summed E-state index contributed by atoms with van der Waals surface area (Å²) in [6, 6.07) is 7.86. The number of benzene rings is 1. The zero-order chi connectivity index (χ0) is 22.0. The molecule has 0 bridgehead atoms. The third kappa shape index (κ3) is 4.69. The van der Waals surface area contributed by atoms with Gasteiger partial charge in [0.2, 0.25) is 0 Å². The van der Waals surface area contributed by atoms with E-state index in [1.54, 1.807) is 24.0 Å². The third-order valence-corrected chi connectivity index (χ3v) is 5.03. The second-order valence-electron chi connectivity index (χ2n) is 6.73. The summed E-state index contributed by atoms with van der Waals surface area (Å²) in [6.07, 6.45) is 5.67. The van der Waals surface area contributed by atoms with Crippen molar-refractivity contribution in [2.24, 2.45) is 0 Å². The average molecular weight is 486 g/mol. The van der Waals surface area contributed by atoms with Gasteiger partial charge in [0, 0.05) is 16.2 Å². The minimum atomic E-state index is -0.538. The van der Waals surface area contributed by atoms with Gasteiger partial charge in [0.25, 0.3) is 5.91 Å². The molecular weight excluding hydrogens is 470 g/mol. The smallest absolute Gasteiger partial charge is 0.307 e. The van der Waals surface area contributed by atoms with Crippen LogP contribution in [0, 0.1) is 17.0 Å². The quantitative estimate of drug-likeness (QED) is 0.313. The van der Waals surface area contributed by atoms with Gasteiger partial charge in [0.15, 0.2) is 5.69 Å². The molecule has 0 saturated heterocycles. The number of rotatable bonds is 7. The van der Waals surface area contributed by atoms with E-state index in [9.17, 15) is 14.9 Å².